The number of aliphatic hydroxyl groups excluding tert-OH is 1. The Labute approximate surface area is 162 Å². The number of amides is 1. The van der Waals surface area contributed by atoms with Crippen LogP contribution in [0.5, 0.6) is 5.75 Å². The quantitative estimate of drug-likeness (QED) is 0.711. The van der Waals surface area contributed by atoms with Crippen molar-refractivity contribution >= 4 is 5.91 Å². The van der Waals surface area contributed by atoms with E-state index in [0.29, 0.717) is 37.6 Å². The fraction of sp³-hybridized carbons (Fsp3) is 0.526. The number of fused-ring (bicyclic) bond motifs is 1. The van der Waals surface area contributed by atoms with Gasteiger partial charge < -0.3 is 29.2 Å². The number of benzene rings is 1. The largest absolute Gasteiger partial charge is 0.497 e. The zero-order valence-corrected chi connectivity index (χ0v) is 15.5. The molecule has 0 radical (unpaired) electrons. The summed E-state index contributed by atoms with van der Waals surface area (Å²) in [4.78, 5) is 16.6. The van der Waals surface area contributed by atoms with Crippen LogP contribution in [0.3, 0.4) is 0 Å². The molecule has 0 aliphatic carbocycles. The topological polar surface area (TPSA) is 116 Å². The molecular formula is C19H23N3O6. The van der Waals surface area contributed by atoms with Crippen LogP contribution in [0.15, 0.2) is 28.8 Å². The van der Waals surface area contributed by atoms with E-state index < -0.39 is 6.10 Å². The van der Waals surface area contributed by atoms with E-state index in [1.807, 2.05) is 24.3 Å². The lowest BCUT2D eigenvalue weighted by Crippen LogP contribution is -2.44. The number of hydrogen-bond donors (Lipinski definition) is 2. The zero-order valence-electron chi connectivity index (χ0n) is 15.5. The van der Waals surface area contributed by atoms with E-state index in [1.54, 1.807) is 7.11 Å². The molecule has 1 aromatic carbocycles. The van der Waals surface area contributed by atoms with Crippen molar-refractivity contribution in [3.8, 4) is 17.1 Å². The van der Waals surface area contributed by atoms with Gasteiger partial charge in [0.05, 0.1) is 26.4 Å². The Kier molecular flexibility index (Phi) is 5.56. The SMILES string of the molecule is COc1cccc(-c2noc(CCCC(=O)N[C@@H]3CO[C@H]4[C@@H]3OC[C@H]4O)n2)c1. The molecule has 150 valence electrons. The zero-order chi connectivity index (χ0) is 19.5. The average molecular weight is 389 g/mol. The Bertz CT molecular complexity index is 826. The van der Waals surface area contributed by atoms with Gasteiger partial charge in [0, 0.05) is 18.4 Å². The highest BCUT2D eigenvalue weighted by Gasteiger charge is 2.47. The first-order valence-electron chi connectivity index (χ1n) is 9.31. The Morgan fingerprint density at radius 2 is 2.18 bits per heavy atom. The number of hydrogen-bond acceptors (Lipinski definition) is 8. The Hall–Kier alpha value is -2.49. The number of aryl methyl sites for hydroxylation is 1. The van der Waals surface area contributed by atoms with Crippen LogP contribution >= 0.6 is 0 Å². The molecule has 0 unspecified atom stereocenters. The number of aliphatic hydroxyl groups is 1. The van der Waals surface area contributed by atoms with Crippen LogP contribution in [0, 0.1) is 0 Å². The summed E-state index contributed by atoms with van der Waals surface area (Å²) in [6.07, 6.45) is 0.166. The van der Waals surface area contributed by atoms with Gasteiger partial charge in [-0.05, 0) is 18.6 Å². The maximum absolute atomic E-state index is 12.2. The molecule has 1 amide bonds. The number of methoxy groups -OCH3 is 1. The number of nitrogens with one attached hydrogen (secondary N) is 1. The first-order chi connectivity index (χ1) is 13.6. The van der Waals surface area contributed by atoms with E-state index >= 15 is 0 Å². The van der Waals surface area contributed by atoms with Crippen molar-refractivity contribution in [2.75, 3.05) is 20.3 Å². The first-order valence-corrected chi connectivity index (χ1v) is 9.31. The van der Waals surface area contributed by atoms with Crippen molar-refractivity contribution in [2.45, 2.75) is 43.6 Å². The second-order valence-corrected chi connectivity index (χ2v) is 6.93. The standard InChI is InChI=1S/C19H23N3O6/c1-25-12-5-2-4-11(8-12)19-21-16(28-22-19)7-3-6-15(24)20-13-9-26-18-14(23)10-27-17(13)18/h2,4-5,8,13-14,17-18,23H,3,6-7,9-10H2,1H3,(H,20,24)/t13-,14-,17-,18-/m1/s1. The third-order valence-corrected chi connectivity index (χ3v) is 4.96. The summed E-state index contributed by atoms with van der Waals surface area (Å²) in [7, 11) is 1.60. The fourth-order valence-corrected chi connectivity index (χ4v) is 3.52. The number of nitrogens with zero attached hydrogens (tertiary/aromatic N) is 2. The minimum atomic E-state index is -0.622. The van der Waals surface area contributed by atoms with Gasteiger partial charge in [0.25, 0.3) is 0 Å². The smallest absolute Gasteiger partial charge is 0.226 e. The van der Waals surface area contributed by atoms with E-state index in [-0.39, 0.29) is 30.8 Å². The number of aromatic nitrogens is 2. The molecule has 9 heteroatoms. The Morgan fingerprint density at radius 3 is 3.04 bits per heavy atom. The molecule has 9 nitrogen and oxygen atoms in total. The molecule has 2 fully saturated rings. The van der Waals surface area contributed by atoms with Crippen molar-refractivity contribution in [3.05, 3.63) is 30.2 Å². The lowest BCUT2D eigenvalue weighted by atomic mass is 10.1. The molecule has 0 spiro atoms. The monoisotopic (exact) mass is 389 g/mol. The minimum absolute atomic E-state index is 0.0909. The molecule has 0 bridgehead atoms. The molecule has 2 saturated heterocycles. The number of ether oxygens (including phenoxy) is 3. The van der Waals surface area contributed by atoms with Gasteiger partial charge in [-0.2, -0.15) is 4.98 Å². The molecule has 2 aliphatic rings. The summed E-state index contributed by atoms with van der Waals surface area (Å²) in [5, 5.41) is 16.6. The van der Waals surface area contributed by atoms with Crippen LogP contribution in [-0.2, 0) is 20.7 Å². The van der Waals surface area contributed by atoms with Gasteiger partial charge in [0.1, 0.15) is 24.1 Å². The summed E-state index contributed by atoms with van der Waals surface area (Å²) in [6.45, 7) is 0.597. The van der Waals surface area contributed by atoms with Gasteiger partial charge in [0.15, 0.2) is 0 Å². The minimum Gasteiger partial charge on any atom is -0.497 e. The van der Waals surface area contributed by atoms with Crippen LogP contribution in [0.2, 0.25) is 0 Å². The van der Waals surface area contributed by atoms with Crippen LogP contribution in [0.25, 0.3) is 11.4 Å². The number of carbonyl (C=O) groups excluding carboxylic acids is 1. The van der Waals surface area contributed by atoms with E-state index in [4.69, 9.17) is 18.7 Å². The normalized spacial score (nSPS) is 26.2. The van der Waals surface area contributed by atoms with Crippen molar-refractivity contribution in [3.63, 3.8) is 0 Å². The molecule has 4 rings (SSSR count). The van der Waals surface area contributed by atoms with Gasteiger partial charge in [0.2, 0.25) is 17.6 Å². The average Bonchev–Trinajstić information content (AvgIpc) is 3.41. The highest BCUT2D eigenvalue weighted by Crippen LogP contribution is 2.27. The highest BCUT2D eigenvalue weighted by atomic mass is 16.6. The fourth-order valence-electron chi connectivity index (χ4n) is 3.52. The first kappa shape index (κ1) is 18.9. The summed E-state index contributed by atoms with van der Waals surface area (Å²) >= 11 is 0. The molecule has 4 atom stereocenters. The predicted molar refractivity (Wildman–Crippen MR) is 96.6 cm³/mol. The third-order valence-electron chi connectivity index (χ3n) is 4.96. The van der Waals surface area contributed by atoms with E-state index in [0.717, 1.165) is 11.3 Å². The van der Waals surface area contributed by atoms with Crippen molar-refractivity contribution in [1.82, 2.24) is 15.5 Å². The molecule has 1 aromatic heterocycles. The predicted octanol–water partition coefficient (Wildman–Crippen LogP) is 0.711. The number of rotatable bonds is 7. The molecular weight excluding hydrogens is 366 g/mol. The van der Waals surface area contributed by atoms with E-state index in [2.05, 4.69) is 15.5 Å². The molecule has 2 aromatic rings. The maximum Gasteiger partial charge on any atom is 0.226 e. The van der Waals surface area contributed by atoms with Crippen LogP contribution in [0.1, 0.15) is 18.7 Å². The summed E-state index contributed by atoms with van der Waals surface area (Å²) < 4.78 is 21.5. The van der Waals surface area contributed by atoms with Crippen LogP contribution in [0.4, 0.5) is 0 Å². The van der Waals surface area contributed by atoms with Gasteiger partial charge in [-0.15, -0.1) is 0 Å². The second-order valence-electron chi connectivity index (χ2n) is 6.93. The maximum atomic E-state index is 12.2. The summed E-state index contributed by atoms with van der Waals surface area (Å²) in [5.74, 6) is 1.60. The summed E-state index contributed by atoms with van der Waals surface area (Å²) in [6, 6.07) is 7.19. The van der Waals surface area contributed by atoms with Gasteiger partial charge in [-0.1, -0.05) is 17.3 Å². The third kappa shape index (κ3) is 4.01. The van der Waals surface area contributed by atoms with Crippen LogP contribution in [-0.4, -0.2) is 65.8 Å². The van der Waals surface area contributed by atoms with Crippen molar-refractivity contribution in [2.24, 2.45) is 0 Å². The van der Waals surface area contributed by atoms with Crippen molar-refractivity contribution in [1.29, 1.82) is 0 Å². The van der Waals surface area contributed by atoms with Gasteiger partial charge in [-0.3, -0.25) is 4.79 Å². The Balaban J connectivity index is 1.24. The molecule has 2 N–H and O–H groups in total. The van der Waals surface area contributed by atoms with Crippen LogP contribution < -0.4 is 10.1 Å². The van der Waals surface area contributed by atoms with E-state index in [1.165, 1.54) is 0 Å². The molecule has 3 heterocycles. The number of carbonyl (C=O) groups is 1. The Morgan fingerprint density at radius 1 is 1.32 bits per heavy atom. The molecule has 2 aliphatic heterocycles. The lowest BCUT2D eigenvalue weighted by molar-refractivity contribution is -0.122. The molecule has 0 saturated carbocycles. The van der Waals surface area contributed by atoms with Crippen molar-refractivity contribution < 1.29 is 28.6 Å². The summed E-state index contributed by atoms with van der Waals surface area (Å²) in [5.41, 5.74) is 0.807. The lowest BCUT2D eigenvalue weighted by Gasteiger charge is -2.17. The molecule has 28 heavy (non-hydrogen) atoms. The highest BCUT2D eigenvalue weighted by molar-refractivity contribution is 5.76. The second kappa shape index (κ2) is 8.26. The van der Waals surface area contributed by atoms with Gasteiger partial charge >= 0.3 is 0 Å². The van der Waals surface area contributed by atoms with E-state index in [9.17, 15) is 9.90 Å². The van der Waals surface area contributed by atoms with Gasteiger partial charge in [-0.25, -0.2) is 0 Å².